The smallest absolute Gasteiger partial charge is 0.133 e. The van der Waals surface area contributed by atoms with Gasteiger partial charge in [-0.3, -0.25) is 0 Å². The van der Waals surface area contributed by atoms with Gasteiger partial charge in [-0.25, -0.2) is 4.68 Å². The molecule has 0 saturated heterocycles. The Morgan fingerprint density at radius 1 is 0.867 bits per heavy atom. The molecule has 0 amide bonds. The Morgan fingerprint density at radius 2 is 1.50 bits per heavy atom. The summed E-state index contributed by atoms with van der Waals surface area (Å²) in [4.78, 5) is 0. The Morgan fingerprint density at radius 3 is 2.17 bits per heavy atom. The molecule has 1 aliphatic rings. The van der Waals surface area contributed by atoms with E-state index in [-0.39, 0.29) is 0 Å². The lowest BCUT2D eigenvalue weighted by Gasteiger charge is -2.17. The van der Waals surface area contributed by atoms with E-state index in [2.05, 4.69) is 102 Å². The second-order valence-electron chi connectivity index (χ2n) is 7.92. The van der Waals surface area contributed by atoms with Gasteiger partial charge in [-0.1, -0.05) is 85.8 Å². The number of rotatable bonds is 6. The number of aromatic nitrogens is 2. The fourth-order valence-corrected chi connectivity index (χ4v) is 4.59. The molecular formula is C27H27N3. The van der Waals surface area contributed by atoms with E-state index in [1.807, 2.05) is 0 Å². The zero-order valence-electron chi connectivity index (χ0n) is 17.4. The van der Waals surface area contributed by atoms with Gasteiger partial charge in [0, 0.05) is 24.4 Å². The third kappa shape index (κ3) is 3.41. The van der Waals surface area contributed by atoms with Crippen molar-refractivity contribution < 1.29 is 0 Å². The lowest BCUT2D eigenvalue weighted by molar-refractivity contribution is 0.743. The fraction of sp³-hybridized carbons (Fsp3) is 0.222. The van der Waals surface area contributed by atoms with Crippen LogP contribution in [0.5, 0.6) is 0 Å². The standard InChI is InChI=1S/C27H27N3/c1-2-20-11-9-10-16-26(20)30-27-23(17-18-28-27)25(29-30)19-24(21-12-5-3-6-13-21)22-14-7-4-8-15-22/h3-16,24,28H,2,17-19H2,1H3. The highest BCUT2D eigenvalue weighted by molar-refractivity contribution is 5.59. The van der Waals surface area contributed by atoms with Crippen molar-refractivity contribution in [2.75, 3.05) is 11.9 Å². The van der Waals surface area contributed by atoms with Crippen molar-refractivity contribution in [2.45, 2.75) is 32.1 Å². The van der Waals surface area contributed by atoms with E-state index < -0.39 is 0 Å². The van der Waals surface area contributed by atoms with Crippen LogP contribution in [0.4, 0.5) is 5.82 Å². The summed E-state index contributed by atoms with van der Waals surface area (Å²) < 4.78 is 2.14. The Hall–Kier alpha value is -3.33. The molecule has 3 nitrogen and oxygen atoms in total. The average Bonchev–Trinajstić information content (AvgIpc) is 3.42. The molecule has 1 aliphatic heterocycles. The molecule has 0 radical (unpaired) electrons. The summed E-state index contributed by atoms with van der Waals surface area (Å²) in [5.74, 6) is 1.47. The minimum Gasteiger partial charge on any atom is -0.369 e. The maximum absolute atomic E-state index is 5.16. The normalized spacial score (nSPS) is 12.7. The number of hydrogen-bond acceptors (Lipinski definition) is 2. The molecule has 1 aromatic heterocycles. The number of aryl methyl sites for hydroxylation is 1. The molecule has 0 unspecified atom stereocenters. The van der Waals surface area contributed by atoms with Crippen molar-refractivity contribution >= 4 is 5.82 Å². The number of nitrogens with one attached hydrogen (secondary N) is 1. The highest BCUT2D eigenvalue weighted by atomic mass is 15.3. The van der Waals surface area contributed by atoms with Gasteiger partial charge in [0.1, 0.15) is 5.82 Å². The quantitative estimate of drug-likeness (QED) is 0.450. The molecule has 0 aliphatic carbocycles. The first-order chi connectivity index (χ1) is 14.8. The first-order valence-electron chi connectivity index (χ1n) is 10.9. The summed E-state index contributed by atoms with van der Waals surface area (Å²) in [6.07, 6.45) is 2.94. The fourth-order valence-electron chi connectivity index (χ4n) is 4.59. The number of anilines is 1. The minimum atomic E-state index is 0.293. The zero-order chi connectivity index (χ0) is 20.3. The van der Waals surface area contributed by atoms with E-state index in [0.29, 0.717) is 5.92 Å². The van der Waals surface area contributed by atoms with Crippen LogP contribution in [-0.4, -0.2) is 16.3 Å². The van der Waals surface area contributed by atoms with Crippen LogP contribution in [0.2, 0.25) is 0 Å². The highest BCUT2D eigenvalue weighted by Gasteiger charge is 2.26. The molecule has 30 heavy (non-hydrogen) atoms. The van der Waals surface area contributed by atoms with Gasteiger partial charge in [0.05, 0.1) is 11.4 Å². The van der Waals surface area contributed by atoms with Crippen LogP contribution in [0.3, 0.4) is 0 Å². The molecule has 0 spiro atoms. The molecule has 0 fully saturated rings. The molecule has 1 N–H and O–H groups in total. The Balaban J connectivity index is 1.59. The molecule has 0 saturated carbocycles. The van der Waals surface area contributed by atoms with Crippen LogP contribution in [0, 0.1) is 0 Å². The van der Waals surface area contributed by atoms with E-state index >= 15 is 0 Å². The lowest BCUT2D eigenvalue weighted by Crippen LogP contribution is -2.10. The number of nitrogens with zero attached hydrogens (tertiary/aromatic N) is 2. The van der Waals surface area contributed by atoms with Crippen LogP contribution in [0.15, 0.2) is 84.9 Å². The topological polar surface area (TPSA) is 29.9 Å². The first-order valence-corrected chi connectivity index (χ1v) is 10.9. The summed E-state index contributed by atoms with van der Waals surface area (Å²) in [5.41, 5.74) is 7.77. The Kier molecular flexibility index (Phi) is 5.10. The SMILES string of the molecule is CCc1ccccc1-n1nc(CC(c2ccccc2)c2ccccc2)c2c1NCC2. The van der Waals surface area contributed by atoms with Crippen molar-refractivity contribution in [3.63, 3.8) is 0 Å². The Bertz CT molecular complexity index is 1090. The molecule has 3 aromatic carbocycles. The monoisotopic (exact) mass is 393 g/mol. The number of fused-ring (bicyclic) bond motifs is 1. The van der Waals surface area contributed by atoms with E-state index in [0.717, 1.165) is 25.8 Å². The third-order valence-corrected chi connectivity index (χ3v) is 6.14. The number of benzene rings is 3. The van der Waals surface area contributed by atoms with Crippen molar-refractivity contribution in [3.8, 4) is 5.69 Å². The first kappa shape index (κ1) is 18.7. The predicted octanol–water partition coefficient (Wildman–Crippen LogP) is 5.78. The van der Waals surface area contributed by atoms with Gasteiger partial charge in [0.2, 0.25) is 0 Å². The van der Waals surface area contributed by atoms with Crippen LogP contribution in [-0.2, 0) is 19.3 Å². The van der Waals surface area contributed by atoms with Crippen molar-refractivity contribution in [2.24, 2.45) is 0 Å². The molecule has 5 rings (SSSR count). The van der Waals surface area contributed by atoms with Crippen LogP contribution in [0.25, 0.3) is 5.69 Å². The van der Waals surface area contributed by atoms with Crippen molar-refractivity contribution in [1.82, 2.24) is 9.78 Å². The summed E-state index contributed by atoms with van der Waals surface area (Å²) in [6, 6.07) is 30.2. The average molecular weight is 394 g/mol. The van der Waals surface area contributed by atoms with Gasteiger partial charge < -0.3 is 5.32 Å². The van der Waals surface area contributed by atoms with Crippen molar-refractivity contribution in [3.05, 3.63) is 113 Å². The van der Waals surface area contributed by atoms with Gasteiger partial charge in [-0.05, 0) is 35.6 Å². The van der Waals surface area contributed by atoms with Crippen LogP contribution >= 0.6 is 0 Å². The second-order valence-corrected chi connectivity index (χ2v) is 7.92. The molecule has 0 atom stereocenters. The summed E-state index contributed by atoms with van der Waals surface area (Å²) >= 11 is 0. The van der Waals surface area contributed by atoms with Gasteiger partial charge >= 0.3 is 0 Å². The van der Waals surface area contributed by atoms with Gasteiger partial charge in [-0.15, -0.1) is 0 Å². The van der Waals surface area contributed by atoms with Gasteiger partial charge in [-0.2, -0.15) is 5.10 Å². The molecule has 0 bridgehead atoms. The third-order valence-electron chi connectivity index (χ3n) is 6.14. The van der Waals surface area contributed by atoms with E-state index in [4.69, 9.17) is 5.10 Å². The maximum atomic E-state index is 5.16. The molecular weight excluding hydrogens is 366 g/mol. The van der Waals surface area contributed by atoms with E-state index in [1.54, 1.807) is 0 Å². The summed E-state index contributed by atoms with van der Waals surface area (Å²) in [5, 5.41) is 8.75. The number of para-hydroxylation sites is 1. The largest absolute Gasteiger partial charge is 0.369 e. The molecule has 2 heterocycles. The lowest BCUT2D eigenvalue weighted by atomic mass is 9.86. The van der Waals surface area contributed by atoms with Gasteiger partial charge in [0.15, 0.2) is 0 Å². The predicted molar refractivity (Wildman–Crippen MR) is 124 cm³/mol. The summed E-state index contributed by atoms with van der Waals surface area (Å²) in [7, 11) is 0. The van der Waals surface area contributed by atoms with Crippen molar-refractivity contribution in [1.29, 1.82) is 0 Å². The Labute approximate surface area is 178 Å². The van der Waals surface area contributed by atoms with E-state index in [1.165, 1.54) is 39.5 Å². The maximum Gasteiger partial charge on any atom is 0.133 e. The number of hydrogen-bond donors (Lipinski definition) is 1. The van der Waals surface area contributed by atoms with Gasteiger partial charge in [0.25, 0.3) is 0 Å². The van der Waals surface area contributed by atoms with Crippen LogP contribution < -0.4 is 5.32 Å². The molecule has 3 heteroatoms. The summed E-state index contributed by atoms with van der Waals surface area (Å²) in [6.45, 7) is 3.19. The molecule has 150 valence electrons. The second kappa shape index (κ2) is 8.19. The molecule has 4 aromatic rings. The highest BCUT2D eigenvalue weighted by Crippen LogP contribution is 2.35. The van der Waals surface area contributed by atoms with E-state index in [9.17, 15) is 0 Å². The minimum absolute atomic E-state index is 0.293. The zero-order valence-corrected chi connectivity index (χ0v) is 17.4. The van der Waals surface area contributed by atoms with Crippen LogP contribution in [0.1, 0.15) is 40.8 Å².